The maximum absolute atomic E-state index is 5.65. The fourth-order valence-corrected chi connectivity index (χ4v) is 4.28. The largest absolute Gasteiger partial charge is 0.360 e. The van der Waals surface area contributed by atoms with Gasteiger partial charge in [-0.1, -0.05) is 6.07 Å². The Bertz CT molecular complexity index is 603. The molecule has 0 radical (unpaired) electrons. The van der Waals surface area contributed by atoms with Crippen molar-refractivity contribution < 1.29 is 4.84 Å². The standard InChI is InChI=1S/C17H25N3OS3/c1-5-20(6-2)17(22)18-11-13-10-14(19-21-13)12-7-8-15(23-3)16(9-12)24-4/h7-10,13,19H,5-6,11H2,1-4H3,(H,18,22). The number of nitrogens with one attached hydrogen (secondary N) is 2. The van der Waals surface area contributed by atoms with E-state index < -0.39 is 0 Å². The maximum Gasteiger partial charge on any atom is 0.169 e. The number of hydrogen-bond donors (Lipinski definition) is 2. The quantitative estimate of drug-likeness (QED) is 0.550. The first kappa shape index (κ1) is 19.4. The summed E-state index contributed by atoms with van der Waals surface area (Å²) in [6, 6.07) is 6.49. The van der Waals surface area contributed by atoms with Crippen LogP contribution in [0.4, 0.5) is 0 Å². The molecule has 7 heteroatoms. The van der Waals surface area contributed by atoms with E-state index in [1.807, 2.05) is 0 Å². The van der Waals surface area contributed by atoms with Gasteiger partial charge in [-0.05, 0) is 56.8 Å². The lowest BCUT2D eigenvalue weighted by Gasteiger charge is -2.23. The summed E-state index contributed by atoms with van der Waals surface area (Å²) < 4.78 is 0. The van der Waals surface area contributed by atoms with E-state index in [0.29, 0.717) is 6.54 Å². The average Bonchev–Trinajstić information content (AvgIpc) is 3.09. The lowest BCUT2D eigenvalue weighted by molar-refractivity contribution is 0.0539. The molecule has 0 spiro atoms. The third-order valence-electron chi connectivity index (χ3n) is 3.87. The molecule has 0 bridgehead atoms. The highest BCUT2D eigenvalue weighted by molar-refractivity contribution is 8.01. The van der Waals surface area contributed by atoms with E-state index in [4.69, 9.17) is 17.1 Å². The third-order valence-corrected chi connectivity index (χ3v) is 5.98. The number of nitrogens with zero attached hydrogens (tertiary/aromatic N) is 1. The molecule has 2 rings (SSSR count). The second-order valence-corrected chi connectivity index (χ2v) is 7.35. The molecular formula is C17H25N3OS3. The lowest BCUT2D eigenvalue weighted by Crippen LogP contribution is -2.42. The van der Waals surface area contributed by atoms with Gasteiger partial charge in [0.2, 0.25) is 0 Å². The number of rotatable bonds is 7. The Morgan fingerprint density at radius 3 is 2.58 bits per heavy atom. The second kappa shape index (κ2) is 9.56. The zero-order chi connectivity index (χ0) is 17.5. The highest BCUT2D eigenvalue weighted by Gasteiger charge is 2.19. The van der Waals surface area contributed by atoms with Crippen molar-refractivity contribution in [3.8, 4) is 0 Å². The van der Waals surface area contributed by atoms with Crippen LogP contribution in [0.2, 0.25) is 0 Å². The van der Waals surface area contributed by atoms with Crippen molar-refractivity contribution >= 4 is 46.6 Å². The topological polar surface area (TPSA) is 36.5 Å². The highest BCUT2D eigenvalue weighted by Crippen LogP contribution is 2.31. The van der Waals surface area contributed by atoms with Gasteiger partial charge in [-0.15, -0.1) is 23.5 Å². The van der Waals surface area contributed by atoms with E-state index in [-0.39, 0.29) is 6.10 Å². The van der Waals surface area contributed by atoms with Crippen LogP contribution in [0.1, 0.15) is 19.4 Å². The Labute approximate surface area is 158 Å². The summed E-state index contributed by atoms with van der Waals surface area (Å²) in [6.07, 6.45) is 6.28. The maximum atomic E-state index is 5.65. The first-order valence-electron chi connectivity index (χ1n) is 8.01. The van der Waals surface area contributed by atoms with Crippen molar-refractivity contribution in [2.45, 2.75) is 29.7 Å². The lowest BCUT2D eigenvalue weighted by atomic mass is 10.1. The molecule has 2 N–H and O–H groups in total. The molecule has 0 aliphatic carbocycles. The summed E-state index contributed by atoms with van der Waals surface area (Å²) in [5, 5.41) is 4.06. The first-order chi connectivity index (χ1) is 11.6. The number of hydrogen-bond acceptors (Lipinski definition) is 5. The molecule has 1 unspecified atom stereocenters. The molecule has 0 saturated carbocycles. The van der Waals surface area contributed by atoms with E-state index in [0.717, 1.165) is 29.5 Å². The minimum Gasteiger partial charge on any atom is -0.360 e. The van der Waals surface area contributed by atoms with Gasteiger partial charge in [-0.3, -0.25) is 10.3 Å². The van der Waals surface area contributed by atoms with Gasteiger partial charge in [0.1, 0.15) is 6.10 Å². The van der Waals surface area contributed by atoms with E-state index in [1.165, 1.54) is 9.79 Å². The van der Waals surface area contributed by atoms with E-state index >= 15 is 0 Å². The van der Waals surface area contributed by atoms with Gasteiger partial charge >= 0.3 is 0 Å². The van der Waals surface area contributed by atoms with Crippen LogP contribution < -0.4 is 10.8 Å². The molecule has 1 aromatic rings. The average molecular weight is 384 g/mol. The minimum atomic E-state index is -0.0357. The molecular weight excluding hydrogens is 358 g/mol. The molecule has 1 aromatic carbocycles. The van der Waals surface area contributed by atoms with Crippen molar-refractivity contribution in [2.24, 2.45) is 0 Å². The summed E-state index contributed by atoms with van der Waals surface area (Å²) in [5.74, 6) is 0. The second-order valence-electron chi connectivity index (χ2n) is 5.27. The van der Waals surface area contributed by atoms with Crippen LogP contribution >= 0.6 is 35.7 Å². The summed E-state index contributed by atoms with van der Waals surface area (Å²) in [7, 11) is 0. The van der Waals surface area contributed by atoms with Gasteiger partial charge in [0.05, 0.1) is 5.70 Å². The molecule has 132 valence electrons. The molecule has 1 atom stereocenters. The summed E-state index contributed by atoms with van der Waals surface area (Å²) >= 11 is 8.94. The molecule has 4 nitrogen and oxygen atoms in total. The zero-order valence-corrected chi connectivity index (χ0v) is 17.0. The zero-order valence-electron chi connectivity index (χ0n) is 14.6. The fraction of sp³-hybridized carbons (Fsp3) is 0.471. The Balaban J connectivity index is 1.99. The molecule has 0 amide bonds. The van der Waals surface area contributed by atoms with Gasteiger partial charge < -0.3 is 10.2 Å². The van der Waals surface area contributed by atoms with Crippen LogP contribution in [0.15, 0.2) is 34.1 Å². The van der Waals surface area contributed by atoms with E-state index in [1.54, 1.807) is 23.5 Å². The third kappa shape index (κ3) is 4.81. The molecule has 0 aromatic heterocycles. The molecule has 1 aliphatic rings. The number of thioether (sulfide) groups is 2. The fourth-order valence-electron chi connectivity index (χ4n) is 2.46. The van der Waals surface area contributed by atoms with Gasteiger partial charge in [-0.2, -0.15) is 0 Å². The van der Waals surface area contributed by atoms with Crippen LogP contribution in [0.3, 0.4) is 0 Å². The van der Waals surface area contributed by atoms with E-state index in [2.05, 4.69) is 66.3 Å². The molecule has 1 aliphatic heterocycles. The molecule has 0 saturated heterocycles. The van der Waals surface area contributed by atoms with Crippen LogP contribution in [0.25, 0.3) is 5.70 Å². The van der Waals surface area contributed by atoms with Crippen molar-refractivity contribution in [1.29, 1.82) is 0 Å². The SMILES string of the molecule is CCN(CC)C(=S)NCC1C=C(c2ccc(SC)c(SC)c2)NO1. The van der Waals surface area contributed by atoms with Crippen LogP contribution in [-0.2, 0) is 4.84 Å². The first-order valence-corrected chi connectivity index (χ1v) is 10.9. The number of hydroxylamine groups is 1. The van der Waals surface area contributed by atoms with Gasteiger partial charge in [0, 0.05) is 35.0 Å². The Kier molecular flexibility index (Phi) is 7.74. The van der Waals surface area contributed by atoms with Crippen molar-refractivity contribution in [2.75, 3.05) is 32.1 Å². The number of benzene rings is 1. The number of thiocarbonyl (C=S) groups is 1. The predicted molar refractivity (Wildman–Crippen MR) is 110 cm³/mol. The smallest absolute Gasteiger partial charge is 0.169 e. The monoisotopic (exact) mass is 383 g/mol. The minimum absolute atomic E-state index is 0.0357. The van der Waals surface area contributed by atoms with Crippen molar-refractivity contribution in [3.05, 3.63) is 29.8 Å². The highest BCUT2D eigenvalue weighted by atomic mass is 32.2. The van der Waals surface area contributed by atoms with Crippen LogP contribution in [0, 0.1) is 0 Å². The Morgan fingerprint density at radius 2 is 1.96 bits per heavy atom. The van der Waals surface area contributed by atoms with Gasteiger partial charge in [0.25, 0.3) is 0 Å². The summed E-state index contributed by atoms with van der Waals surface area (Å²) in [6.45, 7) is 6.68. The molecule has 1 heterocycles. The van der Waals surface area contributed by atoms with E-state index in [9.17, 15) is 0 Å². The normalized spacial score (nSPS) is 16.5. The predicted octanol–water partition coefficient (Wildman–Crippen LogP) is 3.59. The van der Waals surface area contributed by atoms with Crippen LogP contribution in [0.5, 0.6) is 0 Å². The summed E-state index contributed by atoms with van der Waals surface area (Å²) in [5.41, 5.74) is 5.20. The molecule has 0 fully saturated rings. The Hall–Kier alpha value is -0.890. The van der Waals surface area contributed by atoms with Gasteiger partial charge in [0.15, 0.2) is 5.11 Å². The van der Waals surface area contributed by atoms with Crippen molar-refractivity contribution in [3.63, 3.8) is 0 Å². The van der Waals surface area contributed by atoms with Crippen LogP contribution in [-0.4, -0.2) is 48.3 Å². The molecule has 24 heavy (non-hydrogen) atoms. The van der Waals surface area contributed by atoms with Crippen molar-refractivity contribution in [1.82, 2.24) is 15.7 Å². The Morgan fingerprint density at radius 1 is 1.25 bits per heavy atom. The van der Waals surface area contributed by atoms with Gasteiger partial charge in [-0.25, -0.2) is 0 Å². The summed E-state index contributed by atoms with van der Waals surface area (Å²) in [4.78, 5) is 10.4.